The largest absolute Gasteiger partial charge is 0.465 e. The minimum atomic E-state index is -4.22. The van der Waals surface area contributed by atoms with E-state index in [1.54, 1.807) is 19.9 Å². The number of aromatic nitrogens is 1. The molecule has 0 aliphatic heterocycles. The maximum absolute atomic E-state index is 12.9. The molecule has 14 heteroatoms. The van der Waals surface area contributed by atoms with Crippen LogP contribution in [0.4, 0.5) is 5.00 Å². The van der Waals surface area contributed by atoms with Crippen LogP contribution in [0.25, 0.3) is 10.2 Å². The van der Waals surface area contributed by atoms with Crippen LogP contribution in [0.15, 0.2) is 23.2 Å². The molecule has 2 aromatic heterocycles. The van der Waals surface area contributed by atoms with Crippen LogP contribution in [-0.2, 0) is 53.1 Å². The van der Waals surface area contributed by atoms with Gasteiger partial charge in [0.1, 0.15) is 23.1 Å². The number of nitrogens with one attached hydrogen (secondary N) is 1. The fraction of sp³-hybridized carbons (Fsp3) is 0.464. The van der Waals surface area contributed by atoms with Crippen molar-refractivity contribution in [2.45, 2.75) is 59.4 Å². The fourth-order valence-corrected chi connectivity index (χ4v) is 8.20. The summed E-state index contributed by atoms with van der Waals surface area (Å²) in [6, 6.07) is 5.52. The smallest absolute Gasteiger partial charge is 0.341 e. The molecule has 0 radical (unpaired) electrons. The summed E-state index contributed by atoms with van der Waals surface area (Å²) in [5.74, 6) is -4.88. The van der Waals surface area contributed by atoms with E-state index in [9.17, 15) is 27.6 Å². The molecule has 226 valence electrons. The number of sulfone groups is 1. The number of aryl methyl sites for hydroxylation is 2. The van der Waals surface area contributed by atoms with Gasteiger partial charge in [0.15, 0.2) is 14.6 Å². The average molecular weight is 636 g/mol. The number of thiazole rings is 1. The number of esters is 2. The molecule has 0 saturated heterocycles. The molecule has 3 aromatic rings. The Bertz CT molecular complexity index is 1700. The summed E-state index contributed by atoms with van der Waals surface area (Å²) in [4.78, 5) is 55.7. The van der Waals surface area contributed by atoms with Gasteiger partial charge in [-0.1, -0.05) is 23.8 Å². The molecule has 0 saturated carbocycles. The van der Waals surface area contributed by atoms with Crippen molar-refractivity contribution in [3.63, 3.8) is 0 Å². The highest BCUT2D eigenvalue weighted by molar-refractivity contribution is 7.92. The Kier molecular flexibility index (Phi) is 10.3. The molecular formula is C28H33N3O8S3. The van der Waals surface area contributed by atoms with E-state index in [0.717, 1.165) is 57.7 Å². The summed E-state index contributed by atoms with van der Waals surface area (Å²) in [7, 11) is -4.22. The molecule has 42 heavy (non-hydrogen) atoms. The van der Waals surface area contributed by atoms with E-state index in [1.807, 2.05) is 19.1 Å². The molecule has 0 unspecified atom stereocenters. The van der Waals surface area contributed by atoms with Gasteiger partial charge in [-0.3, -0.25) is 14.4 Å². The molecular weight excluding hydrogens is 603 g/mol. The number of rotatable bonds is 10. The van der Waals surface area contributed by atoms with Gasteiger partial charge < -0.3 is 19.4 Å². The quantitative estimate of drug-likeness (QED) is 0.263. The van der Waals surface area contributed by atoms with Crippen LogP contribution in [0.3, 0.4) is 0 Å². The van der Waals surface area contributed by atoms with Crippen molar-refractivity contribution in [3.05, 3.63) is 44.6 Å². The standard InChI is InChI=1S/C28H33N3O8S3/c1-4-38-24(34)14-31-19-12-11-17(3)13-21(19)41-28(31)30-23(33)16-42(36,37)15-22(32)29-26-25(27(35)39-5-2)18-9-7-6-8-10-20(18)40-26/h11-13H,4-10,14-16H2,1-3H3,(H,29,32). The molecule has 0 spiro atoms. The number of ether oxygens (including phenoxy) is 2. The Hall–Kier alpha value is -3.36. The highest BCUT2D eigenvalue weighted by atomic mass is 32.2. The Morgan fingerprint density at radius 2 is 1.74 bits per heavy atom. The lowest BCUT2D eigenvalue weighted by Gasteiger charge is -2.08. The number of carbonyl (C=O) groups is 4. The predicted molar refractivity (Wildman–Crippen MR) is 161 cm³/mol. The van der Waals surface area contributed by atoms with Gasteiger partial charge in [-0.25, -0.2) is 13.2 Å². The van der Waals surface area contributed by atoms with Crippen molar-refractivity contribution >= 4 is 71.5 Å². The zero-order valence-electron chi connectivity index (χ0n) is 23.7. The summed E-state index contributed by atoms with van der Waals surface area (Å²) in [5.41, 5.74) is 2.74. The molecule has 1 aliphatic carbocycles. The topological polar surface area (TPSA) is 150 Å². The van der Waals surface area contributed by atoms with Crippen molar-refractivity contribution in [3.8, 4) is 0 Å². The zero-order chi connectivity index (χ0) is 30.4. The highest BCUT2D eigenvalue weighted by Gasteiger charge is 2.28. The molecule has 0 atom stereocenters. The monoisotopic (exact) mass is 635 g/mol. The van der Waals surface area contributed by atoms with E-state index in [2.05, 4.69) is 10.3 Å². The van der Waals surface area contributed by atoms with Gasteiger partial charge in [0.25, 0.3) is 5.91 Å². The number of nitrogens with zero attached hydrogens (tertiary/aromatic N) is 2. The fourth-order valence-electron chi connectivity index (χ4n) is 4.74. The van der Waals surface area contributed by atoms with Crippen LogP contribution in [0.5, 0.6) is 0 Å². The minimum Gasteiger partial charge on any atom is -0.465 e. The van der Waals surface area contributed by atoms with E-state index in [-0.39, 0.29) is 35.1 Å². The molecule has 11 nitrogen and oxygen atoms in total. The van der Waals surface area contributed by atoms with Crippen molar-refractivity contribution in [2.24, 2.45) is 4.99 Å². The molecule has 1 aromatic carbocycles. The predicted octanol–water partition coefficient (Wildman–Crippen LogP) is 3.56. The van der Waals surface area contributed by atoms with E-state index in [1.165, 1.54) is 15.9 Å². The SMILES string of the molecule is CCOC(=O)Cn1c(=NC(=O)CS(=O)(=O)CC(=O)Nc2sc3c(c2C(=O)OCC)CCCCC3)sc2cc(C)ccc21. The van der Waals surface area contributed by atoms with Crippen molar-refractivity contribution in [1.82, 2.24) is 4.57 Å². The number of hydrogen-bond acceptors (Lipinski definition) is 10. The number of benzene rings is 1. The number of anilines is 1. The Morgan fingerprint density at radius 3 is 2.48 bits per heavy atom. The second kappa shape index (κ2) is 13.7. The maximum atomic E-state index is 12.9. The molecule has 4 rings (SSSR count). The van der Waals surface area contributed by atoms with Crippen molar-refractivity contribution in [1.29, 1.82) is 0 Å². The highest BCUT2D eigenvalue weighted by Crippen LogP contribution is 2.38. The number of amides is 2. The van der Waals surface area contributed by atoms with E-state index in [0.29, 0.717) is 11.9 Å². The summed E-state index contributed by atoms with van der Waals surface area (Å²) < 4.78 is 38.2. The molecule has 1 N–H and O–H groups in total. The van der Waals surface area contributed by atoms with Crippen LogP contribution >= 0.6 is 22.7 Å². The third kappa shape index (κ3) is 7.72. The number of thiophene rings is 1. The minimum absolute atomic E-state index is 0.146. The van der Waals surface area contributed by atoms with Crippen LogP contribution < -0.4 is 10.1 Å². The zero-order valence-corrected chi connectivity index (χ0v) is 26.1. The summed E-state index contributed by atoms with van der Waals surface area (Å²) in [6.45, 7) is 5.41. The summed E-state index contributed by atoms with van der Waals surface area (Å²) >= 11 is 2.40. The summed E-state index contributed by atoms with van der Waals surface area (Å²) in [6.07, 6.45) is 4.35. The average Bonchev–Trinajstić information content (AvgIpc) is 3.29. The molecule has 1 aliphatic rings. The van der Waals surface area contributed by atoms with Crippen LogP contribution in [-0.4, -0.2) is 61.5 Å². The van der Waals surface area contributed by atoms with Crippen LogP contribution in [0.1, 0.15) is 59.5 Å². The lowest BCUT2D eigenvalue weighted by Crippen LogP contribution is -2.29. The number of carbonyl (C=O) groups excluding carboxylic acids is 4. The Labute approximate surface area is 251 Å². The van der Waals surface area contributed by atoms with Gasteiger partial charge >= 0.3 is 11.9 Å². The van der Waals surface area contributed by atoms with Crippen molar-refractivity contribution in [2.75, 3.05) is 30.0 Å². The second-order valence-corrected chi connectivity index (χ2v) is 14.0. The van der Waals surface area contributed by atoms with Gasteiger partial charge in [-0.2, -0.15) is 4.99 Å². The molecule has 0 fully saturated rings. The van der Waals surface area contributed by atoms with Gasteiger partial charge in [0, 0.05) is 4.88 Å². The van der Waals surface area contributed by atoms with E-state index < -0.39 is 45.1 Å². The van der Waals surface area contributed by atoms with Gasteiger partial charge in [0.2, 0.25) is 5.91 Å². The third-order valence-corrected chi connectivity index (χ3v) is 10.1. The third-order valence-electron chi connectivity index (χ3n) is 6.50. The van der Waals surface area contributed by atoms with E-state index >= 15 is 0 Å². The molecule has 0 bridgehead atoms. The van der Waals surface area contributed by atoms with Crippen LogP contribution in [0, 0.1) is 6.92 Å². The second-order valence-electron chi connectivity index (χ2n) is 9.82. The number of fused-ring (bicyclic) bond motifs is 2. The molecule has 2 amide bonds. The summed E-state index contributed by atoms with van der Waals surface area (Å²) in [5, 5.41) is 2.84. The lowest BCUT2D eigenvalue weighted by molar-refractivity contribution is -0.143. The first-order valence-electron chi connectivity index (χ1n) is 13.7. The lowest BCUT2D eigenvalue weighted by atomic mass is 10.1. The van der Waals surface area contributed by atoms with Gasteiger partial charge in [-0.05, 0) is 69.7 Å². The first kappa shape index (κ1) is 31.6. The first-order valence-corrected chi connectivity index (χ1v) is 17.1. The maximum Gasteiger partial charge on any atom is 0.341 e. The Balaban J connectivity index is 1.53. The van der Waals surface area contributed by atoms with Crippen LogP contribution in [0.2, 0.25) is 0 Å². The first-order chi connectivity index (χ1) is 20.0. The Morgan fingerprint density at radius 1 is 1.00 bits per heavy atom. The normalized spacial score (nSPS) is 13.8. The molecule has 2 heterocycles. The van der Waals surface area contributed by atoms with Crippen molar-refractivity contribution < 1.29 is 37.1 Å². The van der Waals surface area contributed by atoms with E-state index in [4.69, 9.17) is 9.47 Å². The van der Waals surface area contributed by atoms with Gasteiger partial charge in [-0.15, -0.1) is 11.3 Å². The van der Waals surface area contributed by atoms with Gasteiger partial charge in [0.05, 0.1) is 29.0 Å². The number of hydrogen-bond donors (Lipinski definition) is 1.